The van der Waals surface area contributed by atoms with Crippen LogP contribution in [0.1, 0.15) is 49.4 Å². The van der Waals surface area contributed by atoms with Gasteiger partial charge in [0.05, 0.1) is 11.8 Å². The van der Waals surface area contributed by atoms with Crippen LogP contribution in [-0.4, -0.2) is 11.3 Å². The molecular weight excluding hydrogens is 264 g/mol. The smallest absolute Gasteiger partial charge is 0.138 e. The molecule has 21 heavy (non-hydrogen) atoms. The highest BCUT2D eigenvalue weighted by Crippen LogP contribution is 2.21. The Balaban J connectivity index is 1.94. The van der Waals surface area contributed by atoms with E-state index in [1.807, 2.05) is 39.8 Å². The van der Waals surface area contributed by atoms with Gasteiger partial charge in [0.15, 0.2) is 0 Å². The third-order valence-electron chi connectivity index (χ3n) is 3.43. The zero-order valence-corrected chi connectivity index (χ0v) is 13.4. The van der Waals surface area contributed by atoms with E-state index in [0.29, 0.717) is 0 Å². The predicted molar refractivity (Wildman–Crippen MR) is 83.4 cm³/mol. The van der Waals surface area contributed by atoms with Crippen LogP contribution in [0.15, 0.2) is 28.8 Å². The maximum Gasteiger partial charge on any atom is 0.138 e. The van der Waals surface area contributed by atoms with Gasteiger partial charge in [-0.2, -0.15) is 0 Å². The first-order valence-corrected chi connectivity index (χ1v) is 7.39. The van der Waals surface area contributed by atoms with Crippen LogP contribution >= 0.6 is 0 Å². The molecule has 0 saturated carbocycles. The molecule has 1 aromatic heterocycles. The van der Waals surface area contributed by atoms with Crippen molar-refractivity contribution in [3.63, 3.8) is 0 Å². The van der Waals surface area contributed by atoms with Gasteiger partial charge in [0.1, 0.15) is 11.5 Å². The van der Waals surface area contributed by atoms with Gasteiger partial charge < -0.3 is 14.6 Å². The molecule has 114 valence electrons. The van der Waals surface area contributed by atoms with Gasteiger partial charge in [-0.05, 0) is 52.3 Å². The summed E-state index contributed by atoms with van der Waals surface area (Å²) >= 11 is 0. The van der Waals surface area contributed by atoms with Crippen molar-refractivity contribution >= 4 is 0 Å². The quantitative estimate of drug-likeness (QED) is 0.875. The Kier molecular flexibility index (Phi) is 5.02. The maximum absolute atomic E-state index is 5.64. The monoisotopic (exact) mass is 288 g/mol. The van der Waals surface area contributed by atoms with Crippen molar-refractivity contribution < 1.29 is 9.26 Å². The molecule has 0 spiro atoms. The molecule has 2 rings (SSSR count). The topological polar surface area (TPSA) is 47.3 Å². The number of hydrogen-bond acceptors (Lipinski definition) is 4. The lowest BCUT2D eigenvalue weighted by atomic mass is 10.1. The molecule has 1 heterocycles. The Morgan fingerprint density at radius 2 is 1.81 bits per heavy atom. The molecule has 4 nitrogen and oxygen atoms in total. The molecular formula is C17H24N2O2. The molecule has 1 aromatic carbocycles. The first-order chi connectivity index (χ1) is 9.97. The van der Waals surface area contributed by atoms with Crippen LogP contribution in [0.4, 0.5) is 0 Å². The van der Waals surface area contributed by atoms with Gasteiger partial charge in [0.25, 0.3) is 0 Å². The summed E-state index contributed by atoms with van der Waals surface area (Å²) in [6, 6.07) is 8.41. The van der Waals surface area contributed by atoms with E-state index in [4.69, 9.17) is 9.26 Å². The minimum atomic E-state index is 0.202. The molecule has 1 atom stereocenters. The lowest BCUT2D eigenvalue weighted by molar-refractivity contribution is 0.242. The lowest BCUT2D eigenvalue weighted by Gasteiger charge is -2.14. The standard InChI is InChI=1S/C17H24N2O2/c1-11(2)20-16-8-6-15(7-9-16)10-18-12(3)17-13(4)19-21-14(17)5/h6-9,11-12,18H,10H2,1-5H3. The Bertz CT molecular complexity index is 553. The minimum Gasteiger partial charge on any atom is -0.491 e. The highest BCUT2D eigenvalue weighted by atomic mass is 16.5. The van der Waals surface area contributed by atoms with Crippen molar-refractivity contribution in [3.05, 3.63) is 46.8 Å². The highest BCUT2D eigenvalue weighted by molar-refractivity contribution is 5.28. The van der Waals surface area contributed by atoms with Crippen LogP contribution < -0.4 is 10.1 Å². The minimum absolute atomic E-state index is 0.202. The van der Waals surface area contributed by atoms with Crippen LogP contribution in [0.25, 0.3) is 0 Å². The van der Waals surface area contributed by atoms with E-state index in [9.17, 15) is 0 Å². The third kappa shape index (κ3) is 4.08. The number of nitrogens with one attached hydrogen (secondary N) is 1. The van der Waals surface area contributed by atoms with E-state index in [-0.39, 0.29) is 12.1 Å². The SMILES string of the molecule is Cc1noc(C)c1C(C)NCc1ccc(OC(C)C)cc1. The summed E-state index contributed by atoms with van der Waals surface area (Å²) in [4.78, 5) is 0. The van der Waals surface area contributed by atoms with Crippen molar-refractivity contribution in [2.75, 3.05) is 0 Å². The van der Waals surface area contributed by atoms with E-state index < -0.39 is 0 Å². The molecule has 1 unspecified atom stereocenters. The summed E-state index contributed by atoms with van der Waals surface area (Å²) in [5, 5.41) is 7.50. The molecule has 0 radical (unpaired) electrons. The third-order valence-corrected chi connectivity index (χ3v) is 3.43. The summed E-state index contributed by atoms with van der Waals surface area (Å²) in [7, 11) is 0. The van der Waals surface area contributed by atoms with Gasteiger partial charge in [-0.1, -0.05) is 17.3 Å². The van der Waals surface area contributed by atoms with Gasteiger partial charge in [0.2, 0.25) is 0 Å². The predicted octanol–water partition coefficient (Wildman–Crippen LogP) is 3.93. The molecule has 0 aliphatic carbocycles. The summed E-state index contributed by atoms with van der Waals surface area (Å²) in [5.74, 6) is 1.79. The average molecular weight is 288 g/mol. The van der Waals surface area contributed by atoms with E-state index >= 15 is 0 Å². The second-order valence-electron chi connectivity index (χ2n) is 5.65. The summed E-state index contributed by atoms with van der Waals surface area (Å²) < 4.78 is 10.9. The first-order valence-electron chi connectivity index (χ1n) is 7.39. The molecule has 0 aliphatic rings. The molecule has 0 aliphatic heterocycles. The molecule has 0 bridgehead atoms. The molecule has 0 saturated heterocycles. The van der Waals surface area contributed by atoms with E-state index in [0.717, 1.165) is 29.3 Å². The van der Waals surface area contributed by atoms with E-state index in [1.165, 1.54) is 5.56 Å². The highest BCUT2D eigenvalue weighted by Gasteiger charge is 2.15. The lowest BCUT2D eigenvalue weighted by Crippen LogP contribution is -2.19. The number of benzene rings is 1. The van der Waals surface area contributed by atoms with Crippen molar-refractivity contribution in [2.45, 2.75) is 53.3 Å². The van der Waals surface area contributed by atoms with Gasteiger partial charge in [-0.25, -0.2) is 0 Å². The fourth-order valence-electron chi connectivity index (χ4n) is 2.44. The van der Waals surface area contributed by atoms with Crippen LogP contribution in [-0.2, 0) is 6.54 Å². The Morgan fingerprint density at radius 3 is 2.33 bits per heavy atom. The van der Waals surface area contributed by atoms with Gasteiger partial charge in [-0.3, -0.25) is 0 Å². The second-order valence-corrected chi connectivity index (χ2v) is 5.65. The van der Waals surface area contributed by atoms with E-state index in [2.05, 4.69) is 29.5 Å². The largest absolute Gasteiger partial charge is 0.491 e. The van der Waals surface area contributed by atoms with Gasteiger partial charge >= 0.3 is 0 Å². The van der Waals surface area contributed by atoms with E-state index in [1.54, 1.807) is 0 Å². The first kappa shape index (κ1) is 15.6. The fraction of sp³-hybridized carbons (Fsp3) is 0.471. The average Bonchev–Trinajstić information content (AvgIpc) is 2.76. The Morgan fingerprint density at radius 1 is 1.14 bits per heavy atom. The summed E-state index contributed by atoms with van der Waals surface area (Å²) in [5.41, 5.74) is 3.33. The fourth-order valence-corrected chi connectivity index (χ4v) is 2.44. The second kappa shape index (κ2) is 6.76. The van der Waals surface area contributed by atoms with Gasteiger partial charge in [0, 0.05) is 18.2 Å². The Labute approximate surface area is 126 Å². The van der Waals surface area contributed by atoms with Crippen LogP contribution in [0.5, 0.6) is 5.75 Å². The van der Waals surface area contributed by atoms with Crippen molar-refractivity contribution in [3.8, 4) is 5.75 Å². The number of nitrogens with zero attached hydrogens (tertiary/aromatic N) is 1. The number of aromatic nitrogens is 1. The zero-order chi connectivity index (χ0) is 15.4. The molecule has 0 amide bonds. The van der Waals surface area contributed by atoms with Crippen LogP contribution in [0.3, 0.4) is 0 Å². The number of aryl methyl sites for hydroxylation is 2. The normalized spacial score (nSPS) is 12.7. The molecule has 4 heteroatoms. The molecule has 0 fully saturated rings. The summed E-state index contributed by atoms with van der Waals surface area (Å²) in [6.07, 6.45) is 0.202. The van der Waals surface area contributed by atoms with Crippen molar-refractivity contribution in [1.82, 2.24) is 10.5 Å². The van der Waals surface area contributed by atoms with Crippen LogP contribution in [0, 0.1) is 13.8 Å². The number of hydrogen-bond donors (Lipinski definition) is 1. The van der Waals surface area contributed by atoms with Crippen molar-refractivity contribution in [2.24, 2.45) is 0 Å². The van der Waals surface area contributed by atoms with Crippen LogP contribution in [0.2, 0.25) is 0 Å². The molecule has 1 N–H and O–H groups in total. The number of rotatable bonds is 6. The maximum atomic E-state index is 5.64. The summed E-state index contributed by atoms with van der Waals surface area (Å²) in [6.45, 7) is 10.9. The van der Waals surface area contributed by atoms with Gasteiger partial charge in [-0.15, -0.1) is 0 Å². The molecule has 2 aromatic rings. The Hall–Kier alpha value is -1.81. The zero-order valence-electron chi connectivity index (χ0n) is 13.4. The number of ether oxygens (including phenoxy) is 1. The van der Waals surface area contributed by atoms with Crippen molar-refractivity contribution in [1.29, 1.82) is 0 Å².